The molecule has 0 aromatic heterocycles. The maximum Gasteiger partial charge on any atom is 0.233 e. The molecule has 0 rings (SSSR count). The molecular weight excluding hydrogens is 256 g/mol. The zero-order chi connectivity index (χ0) is 17.2. The van der Waals surface area contributed by atoms with Crippen molar-refractivity contribution in [2.75, 3.05) is 26.3 Å². The zero-order valence-electron chi connectivity index (χ0n) is 14.8. The van der Waals surface area contributed by atoms with Crippen molar-refractivity contribution in [1.29, 1.82) is 0 Å². The molecule has 1 amide bonds. The van der Waals surface area contributed by atoms with E-state index in [1.54, 1.807) is 0 Å². The molecule has 0 aromatic carbocycles. The number of carbonyl (C=O) groups excluding carboxylic acids is 2. The predicted molar refractivity (Wildman–Crippen MR) is 89.0 cm³/mol. The molecule has 5 nitrogen and oxygen atoms in total. The number of nitrogens with one attached hydrogen (secondary N) is 1. The van der Waals surface area contributed by atoms with Crippen molar-refractivity contribution in [3.8, 4) is 0 Å². The van der Waals surface area contributed by atoms with Gasteiger partial charge in [0.1, 0.15) is 6.79 Å². The maximum atomic E-state index is 10.6. The third-order valence-electron chi connectivity index (χ3n) is 1.10. The number of ether oxygens (including phenoxy) is 1. The quantitative estimate of drug-likeness (QED) is 0.738. The lowest BCUT2D eigenvalue weighted by atomic mass is 10.5. The van der Waals surface area contributed by atoms with Gasteiger partial charge in [0.25, 0.3) is 0 Å². The third-order valence-corrected chi connectivity index (χ3v) is 1.10. The molecule has 20 heavy (non-hydrogen) atoms. The van der Waals surface area contributed by atoms with E-state index in [4.69, 9.17) is 15.3 Å². The molecule has 0 atom stereocenters. The van der Waals surface area contributed by atoms with Crippen molar-refractivity contribution in [2.45, 2.75) is 61.3 Å². The number of rotatable bonds is 6. The monoisotopic (exact) mass is 294 g/mol. The standard InChI is InChI=1S/C7H16N2O2.C3H8.2C2H6.CH2O/c1-2-4-11-5-3-9-7(10)6-8;1-3-2;3*1-2/h2-6,8H2,1H3,(H,9,10);3H2,1-2H3;2*1-2H3;1H2. The van der Waals surface area contributed by atoms with Crippen LogP contribution in [0.1, 0.15) is 61.3 Å². The first kappa shape index (κ1) is 31.4. The van der Waals surface area contributed by atoms with Gasteiger partial charge < -0.3 is 20.6 Å². The summed E-state index contributed by atoms with van der Waals surface area (Å²) in [6.45, 7) is 18.2. The summed E-state index contributed by atoms with van der Waals surface area (Å²) in [6, 6.07) is 0. The Balaban J connectivity index is -0.0000000698. The fourth-order valence-corrected chi connectivity index (χ4v) is 0.581. The molecule has 126 valence electrons. The summed E-state index contributed by atoms with van der Waals surface area (Å²) in [6.07, 6.45) is 2.25. The average Bonchev–Trinajstić information content (AvgIpc) is 2.53. The van der Waals surface area contributed by atoms with Crippen LogP contribution in [0.4, 0.5) is 0 Å². The molecule has 0 spiro atoms. The Morgan fingerprint density at radius 3 is 1.75 bits per heavy atom. The van der Waals surface area contributed by atoms with Crippen LogP contribution in [-0.4, -0.2) is 39.0 Å². The van der Waals surface area contributed by atoms with Crippen LogP contribution in [0.5, 0.6) is 0 Å². The first-order valence-electron chi connectivity index (χ1n) is 7.56. The Bertz CT molecular complexity index is 134. The Morgan fingerprint density at radius 1 is 1.05 bits per heavy atom. The zero-order valence-corrected chi connectivity index (χ0v) is 14.8. The number of nitrogens with two attached hydrogens (primary N) is 1. The molecule has 0 heterocycles. The first-order valence-corrected chi connectivity index (χ1v) is 7.56. The molecule has 0 unspecified atom stereocenters. The fraction of sp³-hybridized carbons (Fsp3) is 0.867. The molecular formula is C15H38N2O3. The lowest BCUT2D eigenvalue weighted by Crippen LogP contribution is -2.32. The molecule has 0 aliphatic carbocycles. The summed E-state index contributed by atoms with van der Waals surface area (Å²) in [4.78, 5) is 18.6. The topological polar surface area (TPSA) is 81.4 Å². The van der Waals surface area contributed by atoms with Gasteiger partial charge in [-0.25, -0.2) is 0 Å². The van der Waals surface area contributed by atoms with Crippen molar-refractivity contribution in [3.63, 3.8) is 0 Å². The van der Waals surface area contributed by atoms with Crippen LogP contribution in [0.25, 0.3) is 0 Å². The molecule has 0 radical (unpaired) electrons. The summed E-state index contributed by atoms with van der Waals surface area (Å²) >= 11 is 0. The number of hydrogen-bond donors (Lipinski definition) is 2. The minimum absolute atomic E-state index is 0.0494. The summed E-state index contributed by atoms with van der Waals surface area (Å²) in [5.41, 5.74) is 5.06. The van der Waals surface area contributed by atoms with Crippen LogP contribution in [-0.2, 0) is 14.3 Å². The van der Waals surface area contributed by atoms with Gasteiger partial charge >= 0.3 is 0 Å². The highest BCUT2D eigenvalue weighted by molar-refractivity contribution is 5.77. The molecule has 0 saturated heterocycles. The third kappa shape index (κ3) is 67.7. The summed E-state index contributed by atoms with van der Waals surface area (Å²) in [5.74, 6) is -0.134. The molecule has 5 heteroatoms. The molecule has 3 N–H and O–H groups in total. The van der Waals surface area contributed by atoms with E-state index in [9.17, 15) is 4.79 Å². The molecule has 0 aromatic rings. The molecule has 0 bridgehead atoms. The van der Waals surface area contributed by atoms with Gasteiger partial charge in [0.05, 0.1) is 13.2 Å². The number of carbonyl (C=O) groups is 2. The van der Waals surface area contributed by atoms with Gasteiger partial charge in [-0.15, -0.1) is 0 Å². The first-order chi connectivity index (χ1) is 9.72. The van der Waals surface area contributed by atoms with Crippen molar-refractivity contribution in [1.82, 2.24) is 5.32 Å². The van der Waals surface area contributed by atoms with E-state index in [0.717, 1.165) is 13.0 Å². The van der Waals surface area contributed by atoms with E-state index in [2.05, 4.69) is 19.2 Å². The van der Waals surface area contributed by atoms with Crippen LogP contribution in [0.3, 0.4) is 0 Å². The summed E-state index contributed by atoms with van der Waals surface area (Å²) < 4.78 is 5.12. The molecule has 0 aliphatic heterocycles. The Morgan fingerprint density at radius 2 is 1.45 bits per heavy atom. The second-order valence-electron chi connectivity index (χ2n) is 2.87. The van der Waals surface area contributed by atoms with Crippen molar-refractivity contribution >= 4 is 12.7 Å². The minimum Gasteiger partial charge on any atom is -0.380 e. The van der Waals surface area contributed by atoms with Crippen LogP contribution in [0, 0.1) is 0 Å². The minimum atomic E-state index is -0.134. The van der Waals surface area contributed by atoms with E-state index in [0.29, 0.717) is 13.2 Å². The van der Waals surface area contributed by atoms with Gasteiger partial charge in [-0.2, -0.15) is 0 Å². The second-order valence-corrected chi connectivity index (χ2v) is 2.87. The summed E-state index contributed by atoms with van der Waals surface area (Å²) in [7, 11) is 0. The van der Waals surface area contributed by atoms with Crippen LogP contribution < -0.4 is 11.1 Å². The van der Waals surface area contributed by atoms with E-state index >= 15 is 0 Å². The number of hydrogen-bond acceptors (Lipinski definition) is 4. The SMILES string of the molecule is C=O.CC.CC.CCC.CCCOCCNC(=O)CN. The highest BCUT2D eigenvalue weighted by atomic mass is 16.5. The van der Waals surface area contributed by atoms with Crippen molar-refractivity contribution in [2.24, 2.45) is 5.73 Å². The van der Waals surface area contributed by atoms with Crippen LogP contribution in [0.15, 0.2) is 0 Å². The highest BCUT2D eigenvalue weighted by Crippen LogP contribution is 1.77. The van der Waals surface area contributed by atoms with E-state index in [1.807, 2.05) is 41.4 Å². The van der Waals surface area contributed by atoms with Crippen molar-refractivity contribution < 1.29 is 14.3 Å². The van der Waals surface area contributed by atoms with Gasteiger partial charge in [-0.3, -0.25) is 4.79 Å². The second kappa shape index (κ2) is 51.9. The fourth-order valence-electron chi connectivity index (χ4n) is 0.581. The predicted octanol–water partition coefficient (Wildman–Crippen LogP) is 2.77. The van der Waals surface area contributed by atoms with Gasteiger partial charge in [0.15, 0.2) is 0 Å². The number of amides is 1. The Labute approximate surface area is 126 Å². The van der Waals surface area contributed by atoms with Crippen LogP contribution >= 0.6 is 0 Å². The van der Waals surface area contributed by atoms with E-state index in [1.165, 1.54) is 6.42 Å². The average molecular weight is 294 g/mol. The Kier molecular flexibility index (Phi) is 81.7. The van der Waals surface area contributed by atoms with Gasteiger partial charge in [0, 0.05) is 13.2 Å². The lowest BCUT2D eigenvalue weighted by molar-refractivity contribution is -0.119. The maximum absolute atomic E-state index is 10.6. The molecule has 0 fully saturated rings. The van der Waals surface area contributed by atoms with Gasteiger partial charge in [-0.05, 0) is 6.42 Å². The highest BCUT2D eigenvalue weighted by Gasteiger charge is 1.93. The van der Waals surface area contributed by atoms with E-state index in [-0.39, 0.29) is 12.5 Å². The molecule has 0 saturated carbocycles. The smallest absolute Gasteiger partial charge is 0.233 e. The molecule has 0 aliphatic rings. The summed E-state index contributed by atoms with van der Waals surface area (Å²) in [5, 5.41) is 2.60. The lowest BCUT2D eigenvalue weighted by Gasteiger charge is -2.03. The Hall–Kier alpha value is -0.940. The van der Waals surface area contributed by atoms with Gasteiger partial charge in [-0.1, -0.05) is 54.9 Å². The normalized spacial score (nSPS) is 7.00. The van der Waals surface area contributed by atoms with Gasteiger partial charge in [0.2, 0.25) is 5.91 Å². The van der Waals surface area contributed by atoms with Crippen LogP contribution in [0.2, 0.25) is 0 Å². The largest absolute Gasteiger partial charge is 0.380 e. The van der Waals surface area contributed by atoms with Crippen molar-refractivity contribution in [3.05, 3.63) is 0 Å². The van der Waals surface area contributed by atoms with E-state index < -0.39 is 0 Å².